The summed E-state index contributed by atoms with van der Waals surface area (Å²) in [5.74, 6) is -1.33. The highest BCUT2D eigenvalue weighted by Gasteiger charge is 2.30. The summed E-state index contributed by atoms with van der Waals surface area (Å²) in [7, 11) is -3.95. The lowest BCUT2D eigenvalue weighted by Gasteiger charge is -2.18. The molecule has 1 fully saturated rings. The number of sulfonamides is 1. The second kappa shape index (κ2) is 7.96. The average Bonchev–Trinajstić information content (AvgIpc) is 3.18. The second-order valence-electron chi connectivity index (χ2n) is 6.50. The summed E-state index contributed by atoms with van der Waals surface area (Å²) in [4.78, 5) is 12.1. The van der Waals surface area contributed by atoms with E-state index in [0.29, 0.717) is 18.1 Å². The van der Waals surface area contributed by atoms with Gasteiger partial charge in [0.1, 0.15) is 10.7 Å². The molecule has 0 radical (unpaired) electrons. The number of carbonyl (C=O) groups is 1. The predicted molar refractivity (Wildman–Crippen MR) is 102 cm³/mol. The number of carbonyl (C=O) groups excluding carboxylic acids is 1. The lowest BCUT2D eigenvalue weighted by molar-refractivity contribution is 0.0939. The zero-order valence-electron chi connectivity index (χ0n) is 14.8. The van der Waals surface area contributed by atoms with Crippen LogP contribution in [0.1, 0.15) is 41.7 Å². The third-order valence-electron chi connectivity index (χ3n) is 4.59. The molecule has 0 aromatic heterocycles. The monoisotopic (exact) mass is 410 g/mol. The van der Waals surface area contributed by atoms with Crippen LogP contribution in [0.15, 0.2) is 47.4 Å². The molecular formula is C19H20ClFN2O3S. The van der Waals surface area contributed by atoms with E-state index in [1.54, 1.807) is 31.2 Å². The largest absolute Gasteiger partial charge is 0.346 e. The topological polar surface area (TPSA) is 66.5 Å². The van der Waals surface area contributed by atoms with Crippen molar-refractivity contribution in [3.63, 3.8) is 0 Å². The van der Waals surface area contributed by atoms with Crippen molar-refractivity contribution in [1.82, 2.24) is 9.62 Å². The Balaban J connectivity index is 1.82. The molecule has 8 heteroatoms. The summed E-state index contributed by atoms with van der Waals surface area (Å²) in [5.41, 5.74) is 0.940. The fraction of sp³-hybridized carbons (Fsp3) is 0.316. The maximum atomic E-state index is 14.2. The summed E-state index contributed by atoms with van der Waals surface area (Å²) in [6, 6.07) is 10.1. The van der Waals surface area contributed by atoms with Gasteiger partial charge in [0.25, 0.3) is 5.91 Å². The normalized spacial score (nSPS) is 16.3. The first-order valence-corrected chi connectivity index (χ1v) is 10.5. The van der Waals surface area contributed by atoms with Crippen molar-refractivity contribution in [3.8, 4) is 0 Å². The van der Waals surface area contributed by atoms with Crippen molar-refractivity contribution < 1.29 is 17.6 Å². The molecule has 1 aliphatic rings. The number of amides is 1. The van der Waals surface area contributed by atoms with E-state index in [-0.39, 0.29) is 11.6 Å². The molecule has 3 rings (SSSR count). The Morgan fingerprint density at radius 2 is 1.78 bits per heavy atom. The molecule has 1 aliphatic heterocycles. The molecule has 1 saturated heterocycles. The number of nitrogens with one attached hydrogen (secondary N) is 1. The van der Waals surface area contributed by atoms with E-state index in [0.717, 1.165) is 30.5 Å². The van der Waals surface area contributed by atoms with Crippen molar-refractivity contribution in [2.75, 3.05) is 13.1 Å². The van der Waals surface area contributed by atoms with Gasteiger partial charge in [-0.05, 0) is 55.7 Å². The number of nitrogens with zero attached hydrogens (tertiary/aromatic N) is 1. The van der Waals surface area contributed by atoms with E-state index in [1.165, 1.54) is 10.4 Å². The number of rotatable bonds is 5. The van der Waals surface area contributed by atoms with Crippen molar-refractivity contribution in [1.29, 1.82) is 0 Å². The maximum Gasteiger partial charge on any atom is 0.251 e. The zero-order valence-corrected chi connectivity index (χ0v) is 16.4. The fourth-order valence-electron chi connectivity index (χ4n) is 3.02. The Morgan fingerprint density at radius 3 is 2.41 bits per heavy atom. The SMILES string of the molecule is CC(NC(=O)c1ccc(F)c(S(=O)(=O)N2CCCC2)c1)c1ccc(Cl)cc1. The smallest absolute Gasteiger partial charge is 0.251 e. The molecule has 2 aromatic carbocycles. The van der Waals surface area contributed by atoms with Crippen LogP contribution in [0.3, 0.4) is 0 Å². The van der Waals surface area contributed by atoms with Crippen molar-refractivity contribution >= 4 is 27.5 Å². The summed E-state index contributed by atoms with van der Waals surface area (Å²) in [5, 5.41) is 3.38. The van der Waals surface area contributed by atoms with Crippen LogP contribution in [-0.2, 0) is 10.0 Å². The number of hydrogen-bond donors (Lipinski definition) is 1. The standard InChI is InChI=1S/C19H20ClFN2O3S/c1-13(14-4-7-16(20)8-5-14)22-19(24)15-6-9-17(21)18(12-15)27(25,26)23-10-2-3-11-23/h4-9,12-13H,2-3,10-11H2,1H3,(H,22,24). The van der Waals surface area contributed by atoms with Gasteiger partial charge in [-0.3, -0.25) is 4.79 Å². The minimum Gasteiger partial charge on any atom is -0.346 e. The lowest BCUT2D eigenvalue weighted by atomic mass is 10.1. The van der Waals surface area contributed by atoms with Crippen LogP contribution in [0.5, 0.6) is 0 Å². The van der Waals surface area contributed by atoms with Gasteiger partial charge in [-0.2, -0.15) is 4.31 Å². The van der Waals surface area contributed by atoms with Crippen LogP contribution in [0, 0.1) is 5.82 Å². The minimum atomic E-state index is -3.95. The zero-order chi connectivity index (χ0) is 19.6. The minimum absolute atomic E-state index is 0.0926. The van der Waals surface area contributed by atoms with Crippen LogP contribution in [0.2, 0.25) is 5.02 Å². The summed E-state index contributed by atoms with van der Waals surface area (Å²) >= 11 is 5.86. The molecule has 0 bridgehead atoms. The highest BCUT2D eigenvalue weighted by Crippen LogP contribution is 2.24. The predicted octanol–water partition coefficient (Wildman–Crippen LogP) is 3.75. The summed E-state index contributed by atoms with van der Waals surface area (Å²) < 4.78 is 40.7. The molecule has 0 aliphatic carbocycles. The molecule has 5 nitrogen and oxygen atoms in total. The van der Waals surface area contributed by atoms with Gasteiger partial charge in [0.2, 0.25) is 10.0 Å². The van der Waals surface area contributed by atoms with Crippen LogP contribution < -0.4 is 5.32 Å². The Kier molecular flexibility index (Phi) is 5.83. The van der Waals surface area contributed by atoms with Crippen molar-refractivity contribution in [2.45, 2.75) is 30.7 Å². The van der Waals surface area contributed by atoms with E-state index in [9.17, 15) is 17.6 Å². The van der Waals surface area contributed by atoms with Crippen molar-refractivity contribution in [2.24, 2.45) is 0 Å². The van der Waals surface area contributed by atoms with Gasteiger partial charge >= 0.3 is 0 Å². The molecule has 27 heavy (non-hydrogen) atoms. The molecule has 0 saturated carbocycles. The van der Waals surface area contributed by atoms with Gasteiger partial charge in [0.15, 0.2) is 0 Å². The average molecular weight is 411 g/mol. The molecule has 1 unspecified atom stereocenters. The second-order valence-corrected chi connectivity index (χ2v) is 8.85. The molecular weight excluding hydrogens is 391 g/mol. The quantitative estimate of drug-likeness (QED) is 0.816. The molecule has 2 aromatic rings. The van der Waals surface area contributed by atoms with Gasteiger partial charge in [0, 0.05) is 23.7 Å². The highest BCUT2D eigenvalue weighted by atomic mass is 35.5. The van der Waals surface area contributed by atoms with Crippen molar-refractivity contribution in [3.05, 3.63) is 64.4 Å². The first-order chi connectivity index (χ1) is 12.8. The van der Waals surface area contributed by atoms with Gasteiger partial charge in [-0.15, -0.1) is 0 Å². The lowest BCUT2D eigenvalue weighted by Crippen LogP contribution is -2.30. The number of benzene rings is 2. The number of hydrogen-bond acceptors (Lipinski definition) is 3. The van der Waals surface area contributed by atoms with E-state index >= 15 is 0 Å². The van der Waals surface area contributed by atoms with Gasteiger partial charge in [0.05, 0.1) is 6.04 Å². The van der Waals surface area contributed by atoms with Crippen LogP contribution in [-0.4, -0.2) is 31.7 Å². The van der Waals surface area contributed by atoms with Gasteiger partial charge in [-0.1, -0.05) is 23.7 Å². The van der Waals surface area contributed by atoms with Crippen LogP contribution in [0.4, 0.5) is 4.39 Å². The summed E-state index contributed by atoms with van der Waals surface area (Å²) in [6.45, 7) is 2.53. The van der Waals surface area contributed by atoms with E-state index < -0.39 is 26.6 Å². The third-order valence-corrected chi connectivity index (χ3v) is 6.76. The fourth-order valence-corrected chi connectivity index (χ4v) is 4.76. The summed E-state index contributed by atoms with van der Waals surface area (Å²) in [6.07, 6.45) is 1.50. The van der Waals surface area contributed by atoms with Crippen LogP contribution >= 0.6 is 11.6 Å². The van der Waals surface area contributed by atoms with Gasteiger partial charge < -0.3 is 5.32 Å². The van der Waals surface area contributed by atoms with Gasteiger partial charge in [-0.25, -0.2) is 12.8 Å². The maximum absolute atomic E-state index is 14.2. The Bertz CT molecular complexity index is 942. The molecule has 1 atom stereocenters. The number of halogens is 2. The molecule has 1 heterocycles. The third kappa shape index (κ3) is 4.31. The molecule has 144 valence electrons. The molecule has 1 amide bonds. The molecule has 1 N–H and O–H groups in total. The van der Waals surface area contributed by atoms with E-state index in [4.69, 9.17) is 11.6 Å². The Morgan fingerprint density at radius 1 is 1.15 bits per heavy atom. The van der Waals surface area contributed by atoms with E-state index in [1.807, 2.05) is 0 Å². The first kappa shape index (κ1) is 19.8. The van der Waals surface area contributed by atoms with E-state index in [2.05, 4.69) is 5.32 Å². The highest BCUT2D eigenvalue weighted by molar-refractivity contribution is 7.89. The first-order valence-electron chi connectivity index (χ1n) is 8.65. The molecule has 0 spiro atoms. The van der Waals surface area contributed by atoms with Crippen LogP contribution in [0.25, 0.3) is 0 Å². The Labute approximate surface area is 163 Å². The Hall–Kier alpha value is -1.96.